The first-order valence-electron chi connectivity index (χ1n) is 9.31. The number of hydrogen-bond acceptors (Lipinski definition) is 4. The molecule has 0 aliphatic heterocycles. The minimum Gasteiger partial charge on any atom is -0.469 e. The van der Waals surface area contributed by atoms with E-state index in [9.17, 15) is 9.59 Å². The van der Waals surface area contributed by atoms with E-state index in [1.54, 1.807) is 0 Å². The number of benzene rings is 2. The summed E-state index contributed by atoms with van der Waals surface area (Å²) in [7, 11) is 1.35. The molecule has 1 atom stereocenters. The quantitative estimate of drug-likeness (QED) is 0.688. The molecule has 5 nitrogen and oxygen atoms in total. The molecule has 2 aromatic rings. The van der Waals surface area contributed by atoms with Crippen LogP contribution in [-0.4, -0.2) is 37.0 Å². The van der Waals surface area contributed by atoms with E-state index in [-0.39, 0.29) is 18.3 Å². The van der Waals surface area contributed by atoms with Crippen molar-refractivity contribution in [2.45, 2.75) is 32.9 Å². The monoisotopic (exact) mass is 368 g/mol. The van der Waals surface area contributed by atoms with Crippen LogP contribution < -0.4 is 5.32 Å². The fraction of sp³-hybridized carbons (Fsp3) is 0.364. The van der Waals surface area contributed by atoms with Crippen LogP contribution in [0.4, 0.5) is 0 Å². The van der Waals surface area contributed by atoms with Gasteiger partial charge in [-0.25, -0.2) is 0 Å². The second-order valence-corrected chi connectivity index (χ2v) is 6.38. The molecule has 2 rings (SSSR count). The fourth-order valence-electron chi connectivity index (χ4n) is 2.90. The molecule has 0 aromatic heterocycles. The molecule has 0 fully saturated rings. The molecule has 1 N–H and O–H groups in total. The number of esters is 1. The van der Waals surface area contributed by atoms with E-state index in [0.717, 1.165) is 25.2 Å². The first kappa shape index (κ1) is 20.6. The van der Waals surface area contributed by atoms with Gasteiger partial charge in [-0.3, -0.25) is 14.5 Å². The SMILES string of the molecule is CCN(CC)Cc1ccc(C(=O)NC(CC(=O)OC)c2ccccc2)cc1. The molecule has 1 amide bonds. The van der Waals surface area contributed by atoms with Crippen molar-refractivity contribution >= 4 is 11.9 Å². The molecule has 0 spiro atoms. The number of ether oxygens (including phenoxy) is 1. The smallest absolute Gasteiger partial charge is 0.307 e. The fourth-order valence-corrected chi connectivity index (χ4v) is 2.90. The zero-order valence-corrected chi connectivity index (χ0v) is 16.3. The van der Waals surface area contributed by atoms with Gasteiger partial charge in [0.25, 0.3) is 5.91 Å². The van der Waals surface area contributed by atoms with Crippen LogP contribution in [0, 0.1) is 0 Å². The first-order chi connectivity index (χ1) is 13.1. The lowest BCUT2D eigenvalue weighted by molar-refractivity contribution is -0.141. The van der Waals surface area contributed by atoms with Crippen LogP contribution >= 0.6 is 0 Å². The van der Waals surface area contributed by atoms with Gasteiger partial charge in [0.2, 0.25) is 0 Å². The summed E-state index contributed by atoms with van der Waals surface area (Å²) < 4.78 is 4.77. The summed E-state index contributed by atoms with van der Waals surface area (Å²) in [6.07, 6.45) is 0.0896. The predicted molar refractivity (Wildman–Crippen MR) is 106 cm³/mol. The summed E-state index contributed by atoms with van der Waals surface area (Å²) in [5, 5.41) is 2.95. The lowest BCUT2D eigenvalue weighted by Gasteiger charge is -2.19. The molecule has 0 aliphatic carbocycles. The molecule has 144 valence electrons. The molecular weight excluding hydrogens is 340 g/mol. The van der Waals surface area contributed by atoms with Crippen LogP contribution in [0.1, 0.15) is 47.8 Å². The number of nitrogens with zero attached hydrogens (tertiary/aromatic N) is 1. The van der Waals surface area contributed by atoms with Crippen LogP contribution in [0.15, 0.2) is 54.6 Å². The number of carbonyl (C=O) groups is 2. The average molecular weight is 368 g/mol. The zero-order valence-electron chi connectivity index (χ0n) is 16.3. The summed E-state index contributed by atoms with van der Waals surface area (Å²) in [5.41, 5.74) is 2.61. The van der Waals surface area contributed by atoms with Crippen molar-refractivity contribution in [2.24, 2.45) is 0 Å². The van der Waals surface area contributed by atoms with Crippen molar-refractivity contribution in [3.8, 4) is 0 Å². The maximum absolute atomic E-state index is 12.7. The highest BCUT2D eigenvalue weighted by atomic mass is 16.5. The van der Waals surface area contributed by atoms with E-state index < -0.39 is 6.04 Å². The van der Waals surface area contributed by atoms with Gasteiger partial charge >= 0.3 is 5.97 Å². The van der Waals surface area contributed by atoms with Crippen molar-refractivity contribution in [1.29, 1.82) is 0 Å². The Morgan fingerprint density at radius 1 is 1.00 bits per heavy atom. The van der Waals surface area contributed by atoms with Crippen LogP contribution in [0.3, 0.4) is 0 Å². The van der Waals surface area contributed by atoms with E-state index in [0.29, 0.717) is 5.56 Å². The van der Waals surface area contributed by atoms with Crippen molar-refractivity contribution in [1.82, 2.24) is 10.2 Å². The van der Waals surface area contributed by atoms with E-state index in [2.05, 4.69) is 24.1 Å². The van der Waals surface area contributed by atoms with Gasteiger partial charge in [-0.05, 0) is 36.3 Å². The Kier molecular flexibility index (Phi) is 8.01. The maximum atomic E-state index is 12.7. The van der Waals surface area contributed by atoms with E-state index in [4.69, 9.17) is 4.74 Å². The molecule has 0 bridgehead atoms. The molecular formula is C22H28N2O3. The Bertz CT molecular complexity index is 725. The Labute approximate surface area is 161 Å². The molecule has 0 aliphatic rings. The van der Waals surface area contributed by atoms with Gasteiger partial charge in [0.05, 0.1) is 19.6 Å². The van der Waals surface area contributed by atoms with Gasteiger partial charge < -0.3 is 10.1 Å². The van der Waals surface area contributed by atoms with Crippen LogP contribution in [0.2, 0.25) is 0 Å². The Balaban J connectivity index is 2.09. The lowest BCUT2D eigenvalue weighted by atomic mass is 10.0. The number of nitrogens with one attached hydrogen (secondary N) is 1. The van der Waals surface area contributed by atoms with Gasteiger partial charge in [0.15, 0.2) is 0 Å². The maximum Gasteiger partial charge on any atom is 0.307 e. The van der Waals surface area contributed by atoms with Gasteiger partial charge in [-0.15, -0.1) is 0 Å². The van der Waals surface area contributed by atoms with Crippen LogP contribution in [0.25, 0.3) is 0 Å². The minimum atomic E-state index is -0.429. The Hall–Kier alpha value is -2.66. The van der Waals surface area contributed by atoms with Gasteiger partial charge in [-0.2, -0.15) is 0 Å². The number of carbonyl (C=O) groups excluding carboxylic acids is 2. The zero-order chi connectivity index (χ0) is 19.6. The highest BCUT2D eigenvalue weighted by Crippen LogP contribution is 2.18. The molecule has 27 heavy (non-hydrogen) atoms. The topological polar surface area (TPSA) is 58.6 Å². The summed E-state index contributed by atoms with van der Waals surface area (Å²) in [4.78, 5) is 26.7. The van der Waals surface area contributed by atoms with Crippen molar-refractivity contribution in [3.05, 3.63) is 71.3 Å². The lowest BCUT2D eigenvalue weighted by Crippen LogP contribution is -2.30. The molecule has 0 radical (unpaired) electrons. The number of hydrogen-bond donors (Lipinski definition) is 1. The molecule has 0 saturated heterocycles. The van der Waals surface area contributed by atoms with E-state index in [1.165, 1.54) is 12.7 Å². The third-order valence-electron chi connectivity index (χ3n) is 4.62. The van der Waals surface area contributed by atoms with Crippen molar-refractivity contribution in [3.63, 3.8) is 0 Å². The highest BCUT2D eigenvalue weighted by molar-refractivity contribution is 5.94. The van der Waals surface area contributed by atoms with E-state index >= 15 is 0 Å². The number of amides is 1. The molecule has 2 aromatic carbocycles. The van der Waals surface area contributed by atoms with Crippen LogP contribution in [0.5, 0.6) is 0 Å². The highest BCUT2D eigenvalue weighted by Gasteiger charge is 2.19. The van der Waals surface area contributed by atoms with Crippen molar-refractivity contribution in [2.75, 3.05) is 20.2 Å². The summed E-state index contributed by atoms with van der Waals surface area (Å²) >= 11 is 0. The van der Waals surface area contributed by atoms with Crippen LogP contribution in [-0.2, 0) is 16.1 Å². The standard InChI is InChI=1S/C22H28N2O3/c1-4-24(5-2)16-17-11-13-19(14-12-17)22(26)23-20(15-21(25)27-3)18-9-7-6-8-10-18/h6-14,20H,4-5,15-16H2,1-3H3,(H,23,26). The molecule has 5 heteroatoms. The summed E-state index contributed by atoms with van der Waals surface area (Å²) in [6.45, 7) is 7.12. The first-order valence-corrected chi connectivity index (χ1v) is 9.31. The van der Waals surface area contributed by atoms with E-state index in [1.807, 2.05) is 54.6 Å². The molecule has 0 heterocycles. The summed E-state index contributed by atoms with van der Waals surface area (Å²) in [6, 6.07) is 16.6. The van der Waals surface area contributed by atoms with Gasteiger partial charge in [0, 0.05) is 12.1 Å². The average Bonchev–Trinajstić information content (AvgIpc) is 2.72. The number of methoxy groups -OCH3 is 1. The molecule has 0 saturated carbocycles. The largest absolute Gasteiger partial charge is 0.469 e. The normalized spacial score (nSPS) is 11.9. The van der Waals surface area contributed by atoms with Gasteiger partial charge in [0.1, 0.15) is 0 Å². The second-order valence-electron chi connectivity index (χ2n) is 6.38. The Morgan fingerprint density at radius 2 is 1.63 bits per heavy atom. The Morgan fingerprint density at radius 3 is 2.19 bits per heavy atom. The molecule has 1 unspecified atom stereocenters. The minimum absolute atomic E-state index is 0.0896. The predicted octanol–water partition coefficient (Wildman–Crippen LogP) is 3.56. The third kappa shape index (κ3) is 6.22. The van der Waals surface area contributed by atoms with Crippen molar-refractivity contribution < 1.29 is 14.3 Å². The summed E-state index contributed by atoms with van der Waals surface area (Å²) in [5.74, 6) is -0.569. The third-order valence-corrected chi connectivity index (χ3v) is 4.62. The van der Waals surface area contributed by atoms with Gasteiger partial charge in [-0.1, -0.05) is 56.3 Å². The second kappa shape index (κ2) is 10.5. The number of rotatable bonds is 9.